The zero-order valence-corrected chi connectivity index (χ0v) is 12.6. The Kier molecular flexibility index (Phi) is 5.72. The fraction of sp³-hybridized carbons (Fsp3) is 0.308. The second kappa shape index (κ2) is 6.89. The average Bonchev–Trinajstić information content (AvgIpc) is 2.40. The molecule has 0 saturated carbocycles. The summed E-state index contributed by atoms with van der Waals surface area (Å²) in [5.41, 5.74) is -0.634. The Balaban J connectivity index is 3.27. The predicted octanol–water partition coefficient (Wildman–Crippen LogP) is 2.26. The molecule has 2 N–H and O–H groups in total. The van der Waals surface area contributed by atoms with E-state index in [2.05, 4.69) is 10.6 Å². The van der Waals surface area contributed by atoms with Gasteiger partial charge in [-0.1, -0.05) is 30.9 Å². The van der Waals surface area contributed by atoms with Gasteiger partial charge in [0.2, 0.25) is 10.0 Å². The van der Waals surface area contributed by atoms with Gasteiger partial charge in [-0.05, 0) is 18.6 Å². The van der Waals surface area contributed by atoms with Crippen molar-refractivity contribution in [1.29, 1.82) is 0 Å². The van der Waals surface area contributed by atoms with Crippen LogP contribution in [0.25, 0.3) is 0 Å². The Hall–Kier alpha value is -1.62. The van der Waals surface area contributed by atoms with Gasteiger partial charge < -0.3 is 5.11 Å². The van der Waals surface area contributed by atoms with E-state index in [1.807, 2.05) is 6.92 Å². The van der Waals surface area contributed by atoms with Gasteiger partial charge >= 0.3 is 5.97 Å². The Morgan fingerprint density at radius 1 is 1.57 bits per heavy atom. The summed E-state index contributed by atoms with van der Waals surface area (Å²) in [4.78, 5) is 10.4. The fourth-order valence-corrected chi connectivity index (χ4v) is 3.01. The number of terminal acetylenes is 1. The summed E-state index contributed by atoms with van der Waals surface area (Å²) in [6.07, 6.45) is 6.26. The third-order valence-corrected chi connectivity index (χ3v) is 4.45. The lowest BCUT2D eigenvalue weighted by atomic mass is 10.2. The number of rotatable bonds is 6. The number of halogens is 2. The van der Waals surface area contributed by atoms with Crippen LogP contribution in [0.2, 0.25) is 5.02 Å². The zero-order valence-electron chi connectivity index (χ0n) is 11.1. The predicted molar refractivity (Wildman–Crippen MR) is 76.2 cm³/mol. The van der Waals surface area contributed by atoms with Crippen LogP contribution in [0.5, 0.6) is 0 Å². The van der Waals surface area contributed by atoms with Crippen molar-refractivity contribution >= 4 is 27.6 Å². The van der Waals surface area contributed by atoms with Crippen LogP contribution < -0.4 is 4.72 Å². The summed E-state index contributed by atoms with van der Waals surface area (Å²) in [7, 11) is -4.14. The van der Waals surface area contributed by atoms with Crippen molar-refractivity contribution in [2.75, 3.05) is 0 Å². The molecule has 5 nitrogen and oxygen atoms in total. The molecule has 21 heavy (non-hydrogen) atoms. The van der Waals surface area contributed by atoms with Crippen molar-refractivity contribution in [2.45, 2.75) is 30.7 Å². The van der Waals surface area contributed by atoms with Gasteiger partial charge in [-0.2, -0.15) is 4.72 Å². The molecule has 0 bridgehead atoms. The van der Waals surface area contributed by atoms with E-state index in [9.17, 15) is 17.6 Å². The molecule has 8 heteroatoms. The topological polar surface area (TPSA) is 83.5 Å². The first-order chi connectivity index (χ1) is 9.72. The quantitative estimate of drug-likeness (QED) is 0.782. The molecule has 0 aliphatic carbocycles. The number of carboxylic acids is 1. The summed E-state index contributed by atoms with van der Waals surface area (Å²) in [6.45, 7) is 1.82. The number of carboxylic acid groups (broad SMARTS) is 1. The van der Waals surface area contributed by atoms with Crippen molar-refractivity contribution in [3.05, 3.63) is 28.5 Å². The molecule has 0 saturated heterocycles. The molecule has 1 atom stereocenters. The molecule has 0 amide bonds. The van der Waals surface area contributed by atoms with Crippen molar-refractivity contribution in [2.24, 2.45) is 0 Å². The Morgan fingerprint density at radius 3 is 2.67 bits per heavy atom. The molecule has 0 spiro atoms. The number of hydrogen-bond donors (Lipinski definition) is 2. The summed E-state index contributed by atoms with van der Waals surface area (Å²) < 4.78 is 40.0. The van der Waals surface area contributed by atoms with Crippen molar-refractivity contribution < 1.29 is 22.7 Å². The molecule has 0 heterocycles. The van der Waals surface area contributed by atoms with Crippen molar-refractivity contribution in [3.8, 4) is 12.3 Å². The average molecular weight is 334 g/mol. The minimum absolute atomic E-state index is 0.400. The fourth-order valence-electron chi connectivity index (χ4n) is 1.60. The molecule has 0 radical (unpaired) electrons. The van der Waals surface area contributed by atoms with E-state index in [1.54, 1.807) is 0 Å². The van der Waals surface area contributed by atoms with Crippen LogP contribution in [0, 0.1) is 18.2 Å². The maximum Gasteiger partial charge on any atom is 0.337 e. The van der Waals surface area contributed by atoms with E-state index in [-0.39, 0.29) is 0 Å². The Bertz CT molecular complexity index is 697. The Labute approximate surface area is 127 Å². The molecule has 1 rings (SSSR count). The van der Waals surface area contributed by atoms with Crippen LogP contribution in [0.1, 0.15) is 30.1 Å². The van der Waals surface area contributed by atoms with Crippen LogP contribution in [-0.4, -0.2) is 25.5 Å². The molecule has 1 aromatic carbocycles. The first kappa shape index (κ1) is 17.4. The largest absolute Gasteiger partial charge is 0.478 e. The normalized spacial score (nSPS) is 12.7. The third-order valence-electron chi connectivity index (χ3n) is 2.62. The standard InChI is InChI=1S/C13H13ClFNO4S/c1-3-5-8(4-2)16-21(19,20)9-6-10(13(17)18)12(14)11(15)7-9/h2,6-8,16H,3,5H2,1H3,(H,17,18). The molecule has 0 aliphatic heterocycles. The first-order valence-corrected chi connectivity index (χ1v) is 7.79. The second-order valence-corrected chi connectivity index (χ2v) is 6.29. The van der Waals surface area contributed by atoms with Gasteiger partial charge in [0.15, 0.2) is 0 Å². The van der Waals surface area contributed by atoms with Crippen LogP contribution in [-0.2, 0) is 10.0 Å². The number of hydrogen-bond acceptors (Lipinski definition) is 3. The molecule has 0 fully saturated rings. The molecular formula is C13H13ClFNO4S. The van der Waals surface area contributed by atoms with Gasteiger partial charge in [0.25, 0.3) is 0 Å². The monoisotopic (exact) mass is 333 g/mol. The van der Waals surface area contributed by atoms with Gasteiger partial charge in [-0.3, -0.25) is 0 Å². The second-order valence-electron chi connectivity index (χ2n) is 4.20. The minimum atomic E-state index is -4.14. The lowest BCUT2D eigenvalue weighted by molar-refractivity contribution is 0.0696. The minimum Gasteiger partial charge on any atom is -0.478 e. The summed E-state index contributed by atoms with van der Waals surface area (Å²) in [5, 5.41) is 8.24. The van der Waals surface area contributed by atoms with Gasteiger partial charge in [-0.15, -0.1) is 6.42 Å². The number of benzene rings is 1. The highest BCUT2D eigenvalue weighted by molar-refractivity contribution is 7.89. The maximum atomic E-state index is 13.6. The highest BCUT2D eigenvalue weighted by atomic mass is 35.5. The number of carbonyl (C=O) groups is 1. The molecule has 0 aromatic heterocycles. The number of aromatic carboxylic acids is 1. The van der Waals surface area contributed by atoms with Crippen LogP contribution in [0.15, 0.2) is 17.0 Å². The van der Waals surface area contributed by atoms with E-state index >= 15 is 0 Å². The van der Waals surface area contributed by atoms with Crippen LogP contribution >= 0.6 is 11.6 Å². The first-order valence-electron chi connectivity index (χ1n) is 5.93. The van der Waals surface area contributed by atoms with Gasteiger partial charge in [0, 0.05) is 0 Å². The summed E-state index contributed by atoms with van der Waals surface area (Å²) in [5.74, 6) is -0.398. The summed E-state index contributed by atoms with van der Waals surface area (Å²) >= 11 is 5.49. The number of sulfonamides is 1. The maximum absolute atomic E-state index is 13.6. The molecule has 0 aliphatic rings. The van der Waals surface area contributed by atoms with Crippen LogP contribution in [0.4, 0.5) is 4.39 Å². The van der Waals surface area contributed by atoms with Gasteiger partial charge in [0.05, 0.1) is 21.5 Å². The van der Waals surface area contributed by atoms with E-state index in [1.165, 1.54) is 0 Å². The van der Waals surface area contributed by atoms with Gasteiger partial charge in [-0.25, -0.2) is 17.6 Å². The smallest absolute Gasteiger partial charge is 0.337 e. The van der Waals surface area contributed by atoms with Crippen LogP contribution in [0.3, 0.4) is 0 Å². The molecule has 114 valence electrons. The highest BCUT2D eigenvalue weighted by Crippen LogP contribution is 2.24. The number of nitrogens with one attached hydrogen (secondary N) is 1. The lowest BCUT2D eigenvalue weighted by Crippen LogP contribution is -2.33. The van der Waals surface area contributed by atoms with Crippen molar-refractivity contribution in [3.63, 3.8) is 0 Å². The van der Waals surface area contributed by atoms with Crippen molar-refractivity contribution in [1.82, 2.24) is 4.72 Å². The zero-order chi connectivity index (χ0) is 16.2. The van der Waals surface area contributed by atoms with E-state index in [0.717, 1.165) is 6.07 Å². The van der Waals surface area contributed by atoms with E-state index in [4.69, 9.17) is 23.1 Å². The van der Waals surface area contributed by atoms with E-state index < -0.39 is 43.3 Å². The molecule has 1 aromatic rings. The Morgan fingerprint density at radius 2 is 2.19 bits per heavy atom. The molecule has 1 unspecified atom stereocenters. The third kappa shape index (κ3) is 4.17. The molecular weight excluding hydrogens is 321 g/mol. The van der Waals surface area contributed by atoms with Gasteiger partial charge in [0.1, 0.15) is 5.82 Å². The lowest BCUT2D eigenvalue weighted by Gasteiger charge is -2.13. The summed E-state index contributed by atoms with van der Waals surface area (Å²) in [6, 6.07) is 0.679. The SMILES string of the molecule is C#CC(CCC)NS(=O)(=O)c1cc(F)c(Cl)c(C(=O)O)c1. The highest BCUT2D eigenvalue weighted by Gasteiger charge is 2.23. The van der Waals surface area contributed by atoms with E-state index in [0.29, 0.717) is 18.9 Å².